The van der Waals surface area contributed by atoms with E-state index in [0.29, 0.717) is 46.6 Å². The van der Waals surface area contributed by atoms with Crippen LogP contribution in [0, 0.1) is 11.3 Å². The Hall–Kier alpha value is -2.39. The largest absolute Gasteiger partial charge is 0.492 e. The predicted molar refractivity (Wildman–Crippen MR) is 100 cm³/mol. The Morgan fingerprint density at radius 2 is 2.36 bits per heavy atom. The fourth-order valence-corrected chi connectivity index (χ4v) is 3.22. The highest BCUT2D eigenvalue weighted by Gasteiger charge is 2.30. The molecule has 2 rings (SSSR count). The van der Waals surface area contributed by atoms with Gasteiger partial charge in [-0.05, 0) is 25.8 Å². The number of hydrogen-bond acceptors (Lipinski definition) is 4. The SMILES string of the molecule is C=CC1=C(C(=C)Br)CCN(C(C)c2cc(OCC)c(C#N)cn2)C1=O. The maximum atomic E-state index is 12.8. The van der Waals surface area contributed by atoms with Gasteiger partial charge in [-0.2, -0.15) is 5.26 Å². The van der Waals surface area contributed by atoms with Gasteiger partial charge in [-0.15, -0.1) is 0 Å². The van der Waals surface area contributed by atoms with E-state index in [1.54, 1.807) is 17.0 Å². The molecule has 130 valence electrons. The molecule has 0 radical (unpaired) electrons. The average molecular weight is 402 g/mol. The van der Waals surface area contributed by atoms with Crippen molar-refractivity contribution < 1.29 is 9.53 Å². The molecule has 1 aliphatic rings. The number of amides is 1. The fourth-order valence-electron chi connectivity index (χ4n) is 2.81. The van der Waals surface area contributed by atoms with E-state index in [1.165, 1.54) is 6.20 Å². The minimum Gasteiger partial charge on any atom is -0.492 e. The Morgan fingerprint density at radius 3 is 2.92 bits per heavy atom. The topological polar surface area (TPSA) is 66.2 Å². The van der Waals surface area contributed by atoms with Crippen LogP contribution in [-0.4, -0.2) is 28.9 Å². The summed E-state index contributed by atoms with van der Waals surface area (Å²) in [4.78, 5) is 18.9. The second-order valence-electron chi connectivity index (χ2n) is 5.58. The molecule has 6 heteroatoms. The van der Waals surface area contributed by atoms with Gasteiger partial charge in [0.05, 0.1) is 18.3 Å². The fraction of sp³-hybridized carbons (Fsp3) is 0.316. The van der Waals surface area contributed by atoms with Gasteiger partial charge in [0.25, 0.3) is 5.91 Å². The molecule has 0 bridgehead atoms. The maximum Gasteiger partial charge on any atom is 0.254 e. The minimum atomic E-state index is -0.250. The summed E-state index contributed by atoms with van der Waals surface area (Å²) in [6.07, 6.45) is 3.75. The molecule has 1 amide bonds. The zero-order valence-electron chi connectivity index (χ0n) is 14.4. The van der Waals surface area contributed by atoms with Crippen LogP contribution in [0.5, 0.6) is 5.75 Å². The van der Waals surface area contributed by atoms with Crippen LogP contribution in [0.15, 0.2) is 47.1 Å². The zero-order valence-corrected chi connectivity index (χ0v) is 16.0. The first-order chi connectivity index (χ1) is 11.9. The summed E-state index contributed by atoms with van der Waals surface area (Å²) in [5, 5.41) is 9.15. The monoisotopic (exact) mass is 401 g/mol. The van der Waals surface area contributed by atoms with Crippen LogP contribution in [0.3, 0.4) is 0 Å². The lowest BCUT2D eigenvalue weighted by Crippen LogP contribution is -2.39. The molecule has 0 aromatic carbocycles. The first-order valence-corrected chi connectivity index (χ1v) is 8.78. The Balaban J connectivity index is 2.36. The Labute approximate surface area is 156 Å². The molecule has 0 spiro atoms. The molecular weight excluding hydrogens is 382 g/mol. The van der Waals surface area contributed by atoms with Crippen molar-refractivity contribution in [3.8, 4) is 11.8 Å². The van der Waals surface area contributed by atoms with Gasteiger partial charge in [0, 0.05) is 28.9 Å². The lowest BCUT2D eigenvalue weighted by Gasteiger charge is -2.34. The lowest BCUT2D eigenvalue weighted by atomic mass is 9.97. The van der Waals surface area contributed by atoms with Crippen molar-refractivity contribution in [3.63, 3.8) is 0 Å². The van der Waals surface area contributed by atoms with Crippen LogP contribution < -0.4 is 4.74 Å². The molecule has 1 aromatic heterocycles. The van der Waals surface area contributed by atoms with E-state index < -0.39 is 0 Å². The first kappa shape index (κ1) is 18.9. The number of allylic oxidation sites excluding steroid dienone is 1. The third-order valence-corrected chi connectivity index (χ3v) is 4.63. The van der Waals surface area contributed by atoms with E-state index in [1.807, 2.05) is 13.8 Å². The summed E-state index contributed by atoms with van der Waals surface area (Å²) in [5.74, 6) is 0.383. The second-order valence-corrected chi connectivity index (χ2v) is 6.53. The standard InChI is InChI=1S/C19H20BrN3O2/c1-5-15-16(12(3)20)7-8-23(19(15)24)13(4)17-9-18(25-6-2)14(10-21)11-22-17/h5,9,11,13H,1,3,6-8H2,2,4H3. The minimum absolute atomic E-state index is 0.103. The lowest BCUT2D eigenvalue weighted by molar-refractivity contribution is -0.129. The van der Waals surface area contributed by atoms with Crippen molar-refractivity contribution in [2.75, 3.05) is 13.2 Å². The van der Waals surface area contributed by atoms with Gasteiger partial charge in [0.15, 0.2) is 0 Å². The van der Waals surface area contributed by atoms with Gasteiger partial charge in [-0.1, -0.05) is 35.2 Å². The van der Waals surface area contributed by atoms with Crippen LogP contribution in [0.4, 0.5) is 0 Å². The molecule has 1 aromatic rings. The van der Waals surface area contributed by atoms with Gasteiger partial charge in [0.1, 0.15) is 17.4 Å². The molecular formula is C19H20BrN3O2. The number of ether oxygens (including phenoxy) is 1. The highest BCUT2D eigenvalue weighted by Crippen LogP contribution is 2.33. The van der Waals surface area contributed by atoms with Crippen molar-refractivity contribution in [1.29, 1.82) is 5.26 Å². The number of nitriles is 1. The van der Waals surface area contributed by atoms with Crippen LogP contribution >= 0.6 is 15.9 Å². The van der Waals surface area contributed by atoms with Crippen molar-refractivity contribution in [2.24, 2.45) is 0 Å². The first-order valence-electron chi connectivity index (χ1n) is 7.98. The summed E-state index contributed by atoms with van der Waals surface area (Å²) in [6.45, 7) is 12.4. The molecule has 25 heavy (non-hydrogen) atoms. The molecule has 2 heterocycles. The van der Waals surface area contributed by atoms with Crippen LogP contribution in [-0.2, 0) is 4.79 Å². The Morgan fingerprint density at radius 1 is 1.64 bits per heavy atom. The molecule has 0 aliphatic carbocycles. The number of pyridine rings is 1. The van der Waals surface area contributed by atoms with E-state index in [0.717, 1.165) is 5.57 Å². The Kier molecular flexibility index (Phi) is 6.16. The number of halogens is 1. The number of aromatic nitrogens is 1. The maximum absolute atomic E-state index is 12.8. The Bertz CT molecular complexity index is 792. The zero-order chi connectivity index (χ0) is 18.6. The van der Waals surface area contributed by atoms with E-state index >= 15 is 0 Å². The molecule has 0 saturated heterocycles. The van der Waals surface area contributed by atoms with Gasteiger partial charge in [0.2, 0.25) is 0 Å². The summed E-state index contributed by atoms with van der Waals surface area (Å²) in [6, 6.07) is 3.55. The normalized spacial score (nSPS) is 15.6. The number of carbonyl (C=O) groups is 1. The molecule has 0 N–H and O–H groups in total. The van der Waals surface area contributed by atoms with Gasteiger partial charge in [-0.3, -0.25) is 9.78 Å². The second kappa shape index (κ2) is 8.13. The third kappa shape index (κ3) is 3.83. The van der Waals surface area contributed by atoms with Crippen molar-refractivity contribution in [3.05, 3.63) is 58.4 Å². The average Bonchev–Trinajstić information content (AvgIpc) is 2.60. The number of hydrogen-bond donors (Lipinski definition) is 0. The van der Waals surface area contributed by atoms with Crippen molar-refractivity contribution >= 4 is 21.8 Å². The van der Waals surface area contributed by atoms with E-state index in [2.05, 4.69) is 40.1 Å². The molecule has 1 atom stereocenters. The quantitative estimate of drug-likeness (QED) is 0.721. The molecule has 1 unspecified atom stereocenters. The molecule has 0 fully saturated rings. The van der Waals surface area contributed by atoms with E-state index in [9.17, 15) is 4.79 Å². The highest BCUT2D eigenvalue weighted by molar-refractivity contribution is 9.11. The third-order valence-electron chi connectivity index (χ3n) is 4.15. The van der Waals surface area contributed by atoms with E-state index in [-0.39, 0.29) is 11.9 Å². The summed E-state index contributed by atoms with van der Waals surface area (Å²) < 4.78 is 6.22. The number of rotatable bonds is 6. The van der Waals surface area contributed by atoms with Gasteiger partial charge >= 0.3 is 0 Å². The van der Waals surface area contributed by atoms with Gasteiger partial charge in [-0.25, -0.2) is 0 Å². The molecule has 1 aliphatic heterocycles. The summed E-state index contributed by atoms with van der Waals surface area (Å²) >= 11 is 3.36. The van der Waals surface area contributed by atoms with Crippen LogP contribution in [0.1, 0.15) is 37.6 Å². The predicted octanol–water partition coefficient (Wildman–Crippen LogP) is 4.04. The number of carbonyl (C=O) groups excluding carboxylic acids is 1. The summed E-state index contributed by atoms with van der Waals surface area (Å²) in [7, 11) is 0. The van der Waals surface area contributed by atoms with Gasteiger partial charge < -0.3 is 9.64 Å². The summed E-state index contributed by atoms with van der Waals surface area (Å²) in [5.41, 5.74) is 2.50. The highest BCUT2D eigenvalue weighted by atomic mass is 79.9. The molecule has 0 saturated carbocycles. The molecule has 5 nitrogen and oxygen atoms in total. The van der Waals surface area contributed by atoms with Crippen LogP contribution in [0.25, 0.3) is 0 Å². The van der Waals surface area contributed by atoms with E-state index in [4.69, 9.17) is 10.00 Å². The van der Waals surface area contributed by atoms with Crippen LogP contribution in [0.2, 0.25) is 0 Å². The number of nitrogens with zero attached hydrogens (tertiary/aromatic N) is 3. The van der Waals surface area contributed by atoms with Crippen molar-refractivity contribution in [1.82, 2.24) is 9.88 Å². The smallest absolute Gasteiger partial charge is 0.254 e. The van der Waals surface area contributed by atoms with Crippen molar-refractivity contribution in [2.45, 2.75) is 26.3 Å².